The molecular formula is C9H17N3O3. The van der Waals surface area contributed by atoms with Crippen LogP contribution >= 0.6 is 0 Å². The van der Waals surface area contributed by atoms with Gasteiger partial charge >= 0.3 is 11.8 Å². The minimum absolute atomic E-state index is 0.0874. The van der Waals surface area contributed by atoms with Gasteiger partial charge in [0.2, 0.25) is 0 Å². The van der Waals surface area contributed by atoms with Gasteiger partial charge in [0.15, 0.2) is 0 Å². The monoisotopic (exact) mass is 215 g/mol. The number of aliphatic hydroxyl groups is 1. The second-order valence-corrected chi connectivity index (χ2v) is 3.52. The number of rotatable bonds is 3. The van der Waals surface area contributed by atoms with E-state index in [-0.39, 0.29) is 12.6 Å². The molecule has 6 heteroatoms. The lowest BCUT2D eigenvalue weighted by Gasteiger charge is -2.22. The number of amides is 2. The van der Waals surface area contributed by atoms with Crippen LogP contribution in [0.5, 0.6) is 0 Å². The van der Waals surface area contributed by atoms with Crippen LogP contribution in [0.2, 0.25) is 0 Å². The fourth-order valence-electron chi connectivity index (χ4n) is 1.68. The van der Waals surface area contributed by atoms with Crippen LogP contribution < -0.4 is 11.1 Å². The molecule has 2 amide bonds. The highest BCUT2D eigenvalue weighted by Crippen LogP contribution is 2.16. The highest BCUT2D eigenvalue weighted by molar-refractivity contribution is 6.35. The van der Waals surface area contributed by atoms with Gasteiger partial charge < -0.3 is 21.1 Å². The van der Waals surface area contributed by atoms with Crippen molar-refractivity contribution in [3.8, 4) is 0 Å². The molecule has 1 heterocycles. The first-order chi connectivity index (χ1) is 7.20. The molecule has 0 bridgehead atoms. The summed E-state index contributed by atoms with van der Waals surface area (Å²) in [4.78, 5) is 24.3. The molecule has 1 aliphatic heterocycles. The lowest BCUT2D eigenvalue weighted by Crippen LogP contribution is -2.47. The van der Waals surface area contributed by atoms with Gasteiger partial charge in [-0.3, -0.25) is 9.59 Å². The number of carbonyl (C=O) groups is 2. The molecule has 0 aromatic carbocycles. The maximum atomic E-state index is 11.6. The lowest BCUT2D eigenvalue weighted by atomic mass is 10.2. The summed E-state index contributed by atoms with van der Waals surface area (Å²) < 4.78 is 0. The summed E-state index contributed by atoms with van der Waals surface area (Å²) in [6.07, 6.45) is 1.59. The Morgan fingerprint density at radius 1 is 1.53 bits per heavy atom. The van der Waals surface area contributed by atoms with Crippen molar-refractivity contribution < 1.29 is 14.7 Å². The normalized spacial score (nSPS) is 20.4. The molecule has 0 radical (unpaired) electrons. The third-order valence-corrected chi connectivity index (χ3v) is 2.47. The standard InChI is InChI=1S/C9H17N3O3/c10-3-4-11-8(14)9(15)12-5-1-2-7(12)6-13/h7,13H,1-6,10H2,(H,11,14)/t7-/m0/s1. The first-order valence-electron chi connectivity index (χ1n) is 5.10. The van der Waals surface area contributed by atoms with Crippen molar-refractivity contribution in [2.24, 2.45) is 5.73 Å². The van der Waals surface area contributed by atoms with Gasteiger partial charge in [-0.1, -0.05) is 0 Å². The molecule has 6 nitrogen and oxygen atoms in total. The number of nitrogens with zero attached hydrogens (tertiary/aromatic N) is 1. The van der Waals surface area contributed by atoms with E-state index in [4.69, 9.17) is 10.8 Å². The van der Waals surface area contributed by atoms with Crippen molar-refractivity contribution in [2.45, 2.75) is 18.9 Å². The van der Waals surface area contributed by atoms with Crippen LogP contribution in [0.15, 0.2) is 0 Å². The molecule has 1 rings (SSSR count). The molecule has 86 valence electrons. The molecule has 4 N–H and O–H groups in total. The number of nitrogens with two attached hydrogens (primary N) is 1. The van der Waals surface area contributed by atoms with Crippen LogP contribution in [-0.4, -0.2) is 54.1 Å². The van der Waals surface area contributed by atoms with Crippen LogP contribution in [-0.2, 0) is 9.59 Å². The summed E-state index contributed by atoms with van der Waals surface area (Å²) in [6, 6.07) is -0.207. The van der Waals surface area contributed by atoms with Crippen molar-refractivity contribution in [3.63, 3.8) is 0 Å². The SMILES string of the molecule is NCCNC(=O)C(=O)N1CCC[C@H]1CO. The molecule has 1 atom stereocenters. The Kier molecular flexibility index (Phi) is 4.51. The maximum Gasteiger partial charge on any atom is 0.312 e. The third kappa shape index (κ3) is 2.90. The average Bonchev–Trinajstić information content (AvgIpc) is 2.72. The predicted octanol–water partition coefficient (Wildman–Crippen LogP) is -1.96. The highest BCUT2D eigenvalue weighted by atomic mass is 16.3. The second-order valence-electron chi connectivity index (χ2n) is 3.52. The Balaban J connectivity index is 2.48. The van der Waals surface area contributed by atoms with E-state index < -0.39 is 11.8 Å². The quantitative estimate of drug-likeness (QED) is 0.476. The summed E-state index contributed by atoms with van der Waals surface area (Å²) in [5.74, 6) is -1.21. The lowest BCUT2D eigenvalue weighted by molar-refractivity contribution is -0.146. The van der Waals surface area contributed by atoms with E-state index in [9.17, 15) is 9.59 Å². The zero-order valence-electron chi connectivity index (χ0n) is 8.61. The van der Waals surface area contributed by atoms with Gasteiger partial charge in [-0.25, -0.2) is 0 Å². The van der Waals surface area contributed by atoms with Gasteiger partial charge in [-0.05, 0) is 12.8 Å². The summed E-state index contributed by atoms with van der Waals surface area (Å²) in [5, 5.41) is 11.4. The molecule has 15 heavy (non-hydrogen) atoms. The van der Waals surface area contributed by atoms with E-state index in [0.717, 1.165) is 12.8 Å². The van der Waals surface area contributed by atoms with E-state index in [0.29, 0.717) is 19.6 Å². The maximum absolute atomic E-state index is 11.6. The summed E-state index contributed by atoms with van der Waals surface area (Å²) in [5.41, 5.74) is 5.20. The Labute approximate surface area is 88.4 Å². The largest absolute Gasteiger partial charge is 0.394 e. The van der Waals surface area contributed by atoms with Crippen molar-refractivity contribution in [1.29, 1.82) is 0 Å². The molecule has 0 saturated carbocycles. The second kappa shape index (κ2) is 5.67. The predicted molar refractivity (Wildman–Crippen MR) is 53.9 cm³/mol. The Morgan fingerprint density at radius 2 is 2.27 bits per heavy atom. The highest BCUT2D eigenvalue weighted by Gasteiger charge is 2.31. The zero-order valence-corrected chi connectivity index (χ0v) is 8.61. The minimum atomic E-state index is -0.638. The first-order valence-corrected chi connectivity index (χ1v) is 5.10. The number of hydrogen-bond acceptors (Lipinski definition) is 4. The molecular weight excluding hydrogens is 198 g/mol. The number of nitrogens with one attached hydrogen (secondary N) is 1. The number of likely N-dealkylation sites (tertiary alicyclic amines) is 1. The fourth-order valence-corrected chi connectivity index (χ4v) is 1.68. The molecule has 0 aromatic heterocycles. The topological polar surface area (TPSA) is 95.7 Å². The minimum Gasteiger partial charge on any atom is -0.394 e. The Hall–Kier alpha value is -1.14. The Morgan fingerprint density at radius 3 is 2.87 bits per heavy atom. The van der Waals surface area contributed by atoms with Crippen LogP contribution in [0.1, 0.15) is 12.8 Å². The van der Waals surface area contributed by atoms with E-state index in [1.165, 1.54) is 4.90 Å². The first kappa shape index (κ1) is 11.9. The van der Waals surface area contributed by atoms with Crippen LogP contribution in [0.25, 0.3) is 0 Å². The molecule has 0 unspecified atom stereocenters. The summed E-state index contributed by atoms with van der Waals surface area (Å²) >= 11 is 0. The third-order valence-electron chi connectivity index (χ3n) is 2.47. The molecule has 1 saturated heterocycles. The summed E-state index contributed by atoms with van der Waals surface area (Å²) in [6.45, 7) is 1.06. The Bertz CT molecular complexity index is 245. The van der Waals surface area contributed by atoms with Gasteiger partial charge in [0.1, 0.15) is 0 Å². The van der Waals surface area contributed by atoms with Gasteiger partial charge in [0, 0.05) is 19.6 Å². The summed E-state index contributed by atoms with van der Waals surface area (Å²) in [7, 11) is 0. The van der Waals surface area contributed by atoms with Crippen molar-refractivity contribution in [2.75, 3.05) is 26.2 Å². The van der Waals surface area contributed by atoms with E-state index in [1.54, 1.807) is 0 Å². The number of hydrogen-bond donors (Lipinski definition) is 3. The molecule has 1 fully saturated rings. The van der Waals surface area contributed by atoms with Crippen LogP contribution in [0, 0.1) is 0 Å². The smallest absolute Gasteiger partial charge is 0.312 e. The van der Waals surface area contributed by atoms with Crippen molar-refractivity contribution >= 4 is 11.8 Å². The molecule has 0 aromatic rings. The molecule has 0 spiro atoms. The van der Waals surface area contributed by atoms with Crippen LogP contribution in [0.4, 0.5) is 0 Å². The molecule has 0 aliphatic carbocycles. The van der Waals surface area contributed by atoms with Crippen molar-refractivity contribution in [3.05, 3.63) is 0 Å². The average molecular weight is 215 g/mol. The fraction of sp³-hybridized carbons (Fsp3) is 0.778. The van der Waals surface area contributed by atoms with Crippen LogP contribution in [0.3, 0.4) is 0 Å². The van der Waals surface area contributed by atoms with Gasteiger partial charge in [-0.2, -0.15) is 0 Å². The van der Waals surface area contributed by atoms with Crippen molar-refractivity contribution in [1.82, 2.24) is 10.2 Å². The number of carbonyl (C=O) groups excluding carboxylic acids is 2. The zero-order chi connectivity index (χ0) is 11.3. The number of aliphatic hydroxyl groups excluding tert-OH is 1. The van der Waals surface area contributed by atoms with E-state index >= 15 is 0 Å². The van der Waals surface area contributed by atoms with Gasteiger partial charge in [-0.15, -0.1) is 0 Å². The van der Waals surface area contributed by atoms with Gasteiger partial charge in [0.25, 0.3) is 0 Å². The van der Waals surface area contributed by atoms with E-state index in [2.05, 4.69) is 5.32 Å². The van der Waals surface area contributed by atoms with Gasteiger partial charge in [0.05, 0.1) is 12.6 Å². The molecule has 1 aliphatic rings. The van der Waals surface area contributed by atoms with E-state index in [1.807, 2.05) is 0 Å².